The van der Waals surface area contributed by atoms with Gasteiger partial charge in [-0.15, -0.1) is 0 Å². The summed E-state index contributed by atoms with van der Waals surface area (Å²) < 4.78 is 58.5. The molecule has 0 unspecified atom stereocenters. The van der Waals surface area contributed by atoms with Gasteiger partial charge in [0.25, 0.3) is 0 Å². The number of nitrogens with one attached hydrogen (secondary N) is 1. The lowest BCUT2D eigenvalue weighted by Crippen LogP contribution is -2.48. The highest BCUT2D eigenvalue weighted by molar-refractivity contribution is 7.89. The van der Waals surface area contributed by atoms with E-state index in [-0.39, 0.29) is 18.2 Å². The zero-order chi connectivity index (χ0) is 25.8. The molecule has 1 aromatic carbocycles. The SMILES string of the molecule is CCCCCN(CCS(=O)(=O)N1CCNCC1)C(=O)Cc1ccc(C)cc1.O=C(O)C(F)(F)F. The summed E-state index contributed by atoms with van der Waals surface area (Å²) in [4.78, 5) is 23.4. The standard InChI is InChI=1S/C20H33N3O3S.C2HF3O2/c1-3-4-5-12-22(20(24)17-19-8-6-18(2)7-9-19)15-16-27(25,26)23-13-10-21-11-14-23;3-2(4,5)1(6)7/h6-9,21H,3-5,10-17H2,1-2H3;(H,6,7). The molecule has 12 heteroatoms. The Kier molecular flexibility index (Phi) is 12.5. The minimum atomic E-state index is -5.08. The van der Waals surface area contributed by atoms with Crippen molar-refractivity contribution < 1.29 is 36.3 Å². The minimum absolute atomic E-state index is 0.00123. The van der Waals surface area contributed by atoms with Crippen LogP contribution < -0.4 is 5.32 Å². The summed E-state index contributed by atoms with van der Waals surface area (Å²) in [5.41, 5.74) is 2.13. The number of unbranched alkanes of at least 4 members (excludes halogenated alkanes) is 2. The molecule has 2 N–H and O–H groups in total. The fourth-order valence-corrected chi connectivity index (χ4v) is 4.63. The number of aliphatic carboxylic acids is 1. The van der Waals surface area contributed by atoms with Crippen LogP contribution in [0.15, 0.2) is 24.3 Å². The summed E-state index contributed by atoms with van der Waals surface area (Å²) in [7, 11) is -3.32. The van der Waals surface area contributed by atoms with Crippen molar-refractivity contribution in [2.45, 2.75) is 45.7 Å². The molecule has 2 rings (SSSR count). The van der Waals surface area contributed by atoms with E-state index in [1.807, 2.05) is 31.2 Å². The molecule has 1 aromatic rings. The average Bonchev–Trinajstić information content (AvgIpc) is 2.78. The predicted octanol–water partition coefficient (Wildman–Crippen LogP) is 2.42. The van der Waals surface area contributed by atoms with E-state index in [4.69, 9.17) is 9.90 Å². The number of alkyl halides is 3. The van der Waals surface area contributed by atoms with Gasteiger partial charge in [-0.25, -0.2) is 13.2 Å². The quantitative estimate of drug-likeness (QED) is 0.469. The van der Waals surface area contributed by atoms with E-state index < -0.39 is 22.2 Å². The van der Waals surface area contributed by atoms with E-state index in [2.05, 4.69) is 12.2 Å². The van der Waals surface area contributed by atoms with Gasteiger partial charge < -0.3 is 15.3 Å². The number of benzene rings is 1. The normalized spacial score (nSPS) is 14.7. The fourth-order valence-electron chi connectivity index (χ4n) is 3.18. The molecule has 1 aliphatic heterocycles. The zero-order valence-corrected chi connectivity index (χ0v) is 20.4. The largest absolute Gasteiger partial charge is 0.490 e. The summed E-state index contributed by atoms with van der Waals surface area (Å²) >= 11 is 0. The number of carbonyl (C=O) groups excluding carboxylic acids is 1. The molecule has 0 radical (unpaired) electrons. The smallest absolute Gasteiger partial charge is 0.475 e. The first kappa shape index (κ1) is 29.9. The van der Waals surface area contributed by atoms with Crippen LogP contribution in [0.5, 0.6) is 0 Å². The van der Waals surface area contributed by atoms with Gasteiger partial charge in [0.2, 0.25) is 15.9 Å². The minimum Gasteiger partial charge on any atom is -0.475 e. The van der Waals surface area contributed by atoms with Crippen LogP contribution in [0, 0.1) is 6.92 Å². The Hall–Kier alpha value is -2.18. The Bertz CT molecular complexity index is 871. The van der Waals surface area contributed by atoms with Gasteiger partial charge in [0.1, 0.15) is 0 Å². The maximum absolute atomic E-state index is 12.8. The van der Waals surface area contributed by atoms with E-state index in [1.54, 1.807) is 4.90 Å². The van der Waals surface area contributed by atoms with Crippen LogP contribution >= 0.6 is 0 Å². The number of hydrogen-bond acceptors (Lipinski definition) is 5. The average molecular weight is 510 g/mol. The molecule has 1 saturated heterocycles. The third kappa shape index (κ3) is 11.3. The van der Waals surface area contributed by atoms with Crippen molar-refractivity contribution in [3.63, 3.8) is 0 Å². The van der Waals surface area contributed by atoms with E-state index in [0.717, 1.165) is 30.4 Å². The Morgan fingerprint density at radius 1 is 1.09 bits per heavy atom. The monoisotopic (exact) mass is 509 g/mol. The summed E-state index contributed by atoms with van der Waals surface area (Å²) in [5, 5.41) is 10.3. The van der Waals surface area contributed by atoms with Gasteiger partial charge in [-0.1, -0.05) is 49.6 Å². The highest BCUT2D eigenvalue weighted by Gasteiger charge is 2.38. The number of carboxylic acids is 1. The summed E-state index contributed by atoms with van der Waals surface area (Å²) in [5.74, 6) is -2.75. The number of carbonyl (C=O) groups is 2. The van der Waals surface area contributed by atoms with Gasteiger partial charge in [-0.05, 0) is 18.9 Å². The molecule has 0 bridgehead atoms. The first-order chi connectivity index (χ1) is 15.9. The number of aryl methyl sites for hydroxylation is 1. The van der Waals surface area contributed by atoms with Crippen LogP contribution in [0.3, 0.4) is 0 Å². The Morgan fingerprint density at radius 3 is 2.15 bits per heavy atom. The van der Waals surface area contributed by atoms with Crippen LogP contribution in [0.1, 0.15) is 37.3 Å². The topological polar surface area (TPSA) is 107 Å². The second kappa shape index (κ2) is 14.3. The predicted molar refractivity (Wildman–Crippen MR) is 123 cm³/mol. The van der Waals surface area contributed by atoms with E-state index in [9.17, 15) is 26.4 Å². The van der Waals surface area contributed by atoms with Crippen molar-refractivity contribution in [2.24, 2.45) is 0 Å². The molecule has 0 spiro atoms. The van der Waals surface area contributed by atoms with Gasteiger partial charge in [-0.3, -0.25) is 4.79 Å². The lowest BCUT2D eigenvalue weighted by Gasteiger charge is -2.28. The second-order valence-corrected chi connectivity index (χ2v) is 10.1. The summed E-state index contributed by atoms with van der Waals surface area (Å²) in [6.07, 6.45) is -1.75. The number of carboxylic acid groups (broad SMARTS) is 1. The number of piperazine rings is 1. The van der Waals surface area contributed by atoms with E-state index >= 15 is 0 Å². The Labute approximate surface area is 199 Å². The molecule has 1 heterocycles. The maximum Gasteiger partial charge on any atom is 0.490 e. The second-order valence-electron chi connectivity index (χ2n) is 8.02. The highest BCUT2D eigenvalue weighted by atomic mass is 32.2. The van der Waals surface area contributed by atoms with E-state index in [1.165, 1.54) is 4.31 Å². The van der Waals surface area contributed by atoms with Crippen molar-refractivity contribution in [2.75, 3.05) is 45.0 Å². The lowest BCUT2D eigenvalue weighted by molar-refractivity contribution is -0.192. The number of rotatable bonds is 10. The third-order valence-electron chi connectivity index (χ3n) is 5.19. The molecule has 0 saturated carbocycles. The van der Waals surface area contributed by atoms with Crippen LogP contribution in [0.4, 0.5) is 13.2 Å². The Morgan fingerprint density at radius 2 is 1.65 bits per heavy atom. The number of hydrogen-bond donors (Lipinski definition) is 2. The van der Waals surface area contributed by atoms with Crippen LogP contribution in [0.2, 0.25) is 0 Å². The van der Waals surface area contributed by atoms with Gasteiger partial charge >= 0.3 is 12.1 Å². The molecule has 194 valence electrons. The first-order valence-electron chi connectivity index (χ1n) is 11.2. The summed E-state index contributed by atoms with van der Waals surface area (Å²) in [6, 6.07) is 7.93. The lowest BCUT2D eigenvalue weighted by atomic mass is 10.1. The molecule has 0 atom stereocenters. The number of nitrogens with zero attached hydrogens (tertiary/aromatic N) is 2. The molecule has 1 aliphatic rings. The van der Waals surface area contributed by atoms with Crippen molar-refractivity contribution in [3.8, 4) is 0 Å². The van der Waals surface area contributed by atoms with Gasteiger partial charge in [0, 0.05) is 39.3 Å². The van der Waals surface area contributed by atoms with Crippen LogP contribution in [-0.2, 0) is 26.0 Å². The van der Waals surface area contributed by atoms with Crippen molar-refractivity contribution >= 4 is 21.9 Å². The molecule has 0 aromatic heterocycles. The molecule has 34 heavy (non-hydrogen) atoms. The molecule has 1 fully saturated rings. The summed E-state index contributed by atoms with van der Waals surface area (Å²) in [6.45, 7) is 7.41. The number of halogens is 3. The Balaban J connectivity index is 0.000000718. The zero-order valence-electron chi connectivity index (χ0n) is 19.6. The molecule has 0 aliphatic carbocycles. The van der Waals surface area contributed by atoms with Crippen LogP contribution in [-0.4, -0.2) is 85.8 Å². The van der Waals surface area contributed by atoms with Crippen LogP contribution in [0.25, 0.3) is 0 Å². The molecule has 1 amide bonds. The first-order valence-corrected chi connectivity index (χ1v) is 12.8. The molecular weight excluding hydrogens is 475 g/mol. The maximum atomic E-state index is 12.8. The van der Waals surface area contributed by atoms with Crippen molar-refractivity contribution in [3.05, 3.63) is 35.4 Å². The van der Waals surface area contributed by atoms with Crippen molar-refractivity contribution in [1.29, 1.82) is 0 Å². The highest BCUT2D eigenvalue weighted by Crippen LogP contribution is 2.13. The number of sulfonamides is 1. The van der Waals surface area contributed by atoms with Gasteiger partial charge in [0.15, 0.2) is 0 Å². The van der Waals surface area contributed by atoms with E-state index in [0.29, 0.717) is 39.1 Å². The molecular formula is C22H34F3N3O5S. The fraction of sp³-hybridized carbons (Fsp3) is 0.636. The van der Waals surface area contributed by atoms with Gasteiger partial charge in [0.05, 0.1) is 12.2 Å². The third-order valence-corrected chi connectivity index (χ3v) is 7.04. The van der Waals surface area contributed by atoms with Crippen molar-refractivity contribution in [1.82, 2.24) is 14.5 Å². The molecule has 8 nitrogen and oxygen atoms in total. The number of amides is 1. The van der Waals surface area contributed by atoms with Gasteiger partial charge in [-0.2, -0.15) is 17.5 Å².